The fraction of sp³-hybridized carbons (Fsp3) is 0.235. The van der Waals surface area contributed by atoms with E-state index >= 15 is 0 Å². The standard InChI is InChI=1S/C17H17N3O/c18-16-15-13(8-20-9-14(15)21-17(16)19)12-6-2-5-11(7-12)10-3-1-4-10/h2,5-10H,1,3-4,18-19H2. The topological polar surface area (TPSA) is 78.1 Å². The minimum Gasteiger partial charge on any atom is -0.437 e. The molecule has 0 aliphatic heterocycles. The Balaban J connectivity index is 1.90. The van der Waals surface area contributed by atoms with Crippen LogP contribution in [0.15, 0.2) is 41.1 Å². The van der Waals surface area contributed by atoms with Gasteiger partial charge in [0.2, 0.25) is 5.88 Å². The minimum absolute atomic E-state index is 0.259. The molecule has 1 fully saturated rings. The van der Waals surface area contributed by atoms with Crippen LogP contribution in [0.25, 0.3) is 22.1 Å². The third kappa shape index (κ3) is 1.87. The summed E-state index contributed by atoms with van der Waals surface area (Å²) in [5, 5.41) is 0.855. The van der Waals surface area contributed by atoms with Crippen LogP contribution in [0.1, 0.15) is 30.7 Å². The van der Waals surface area contributed by atoms with E-state index in [4.69, 9.17) is 15.9 Å². The van der Waals surface area contributed by atoms with E-state index in [-0.39, 0.29) is 5.88 Å². The van der Waals surface area contributed by atoms with Crippen LogP contribution in [0.3, 0.4) is 0 Å². The number of furan rings is 1. The van der Waals surface area contributed by atoms with E-state index in [1.54, 1.807) is 6.20 Å². The van der Waals surface area contributed by atoms with Gasteiger partial charge < -0.3 is 15.9 Å². The van der Waals surface area contributed by atoms with Crippen molar-refractivity contribution in [1.29, 1.82) is 0 Å². The van der Waals surface area contributed by atoms with Gasteiger partial charge in [-0.05, 0) is 29.9 Å². The molecule has 2 heterocycles. The molecule has 0 amide bonds. The normalized spacial score (nSPS) is 15.2. The Hall–Kier alpha value is -2.49. The van der Waals surface area contributed by atoms with Crippen molar-refractivity contribution >= 4 is 22.5 Å². The van der Waals surface area contributed by atoms with Crippen molar-refractivity contribution in [2.45, 2.75) is 25.2 Å². The second kappa shape index (κ2) is 4.52. The van der Waals surface area contributed by atoms with Crippen molar-refractivity contribution in [3.8, 4) is 11.1 Å². The van der Waals surface area contributed by atoms with Crippen LogP contribution in [-0.2, 0) is 0 Å². The van der Waals surface area contributed by atoms with Gasteiger partial charge in [0.05, 0.1) is 11.6 Å². The number of nitrogens with two attached hydrogens (primary N) is 2. The highest BCUT2D eigenvalue weighted by molar-refractivity contribution is 6.04. The molecular formula is C17H17N3O. The molecular weight excluding hydrogens is 262 g/mol. The van der Waals surface area contributed by atoms with Crippen molar-refractivity contribution in [2.75, 3.05) is 11.5 Å². The van der Waals surface area contributed by atoms with Gasteiger partial charge in [-0.2, -0.15) is 0 Å². The summed E-state index contributed by atoms with van der Waals surface area (Å²) in [4.78, 5) is 4.25. The molecule has 4 heteroatoms. The van der Waals surface area contributed by atoms with Crippen LogP contribution in [0.4, 0.5) is 11.6 Å². The maximum Gasteiger partial charge on any atom is 0.214 e. The number of hydrogen-bond acceptors (Lipinski definition) is 4. The average molecular weight is 279 g/mol. The predicted molar refractivity (Wildman–Crippen MR) is 84.9 cm³/mol. The number of nitrogens with zero attached hydrogens (tertiary/aromatic N) is 1. The first-order chi connectivity index (χ1) is 10.2. The van der Waals surface area contributed by atoms with Crippen molar-refractivity contribution in [3.63, 3.8) is 0 Å². The van der Waals surface area contributed by atoms with Gasteiger partial charge in [0.25, 0.3) is 0 Å². The lowest BCUT2D eigenvalue weighted by atomic mass is 9.79. The first-order valence-corrected chi connectivity index (χ1v) is 7.26. The van der Waals surface area contributed by atoms with E-state index in [0.717, 1.165) is 16.5 Å². The first kappa shape index (κ1) is 12.3. The summed E-state index contributed by atoms with van der Waals surface area (Å²) < 4.78 is 5.46. The highest BCUT2D eigenvalue weighted by Gasteiger charge is 2.20. The SMILES string of the molecule is Nc1oc2cncc(-c3cccc(C4CCC4)c3)c2c1N. The number of aromatic nitrogens is 1. The van der Waals surface area contributed by atoms with Crippen LogP contribution in [0, 0.1) is 0 Å². The fourth-order valence-electron chi connectivity index (χ4n) is 3.01. The van der Waals surface area contributed by atoms with Crippen LogP contribution in [-0.4, -0.2) is 4.98 Å². The Morgan fingerprint density at radius 1 is 1.14 bits per heavy atom. The number of benzene rings is 1. The molecule has 1 aromatic carbocycles. The van der Waals surface area contributed by atoms with E-state index in [0.29, 0.717) is 17.2 Å². The summed E-state index contributed by atoms with van der Waals surface area (Å²) in [6, 6.07) is 8.62. The van der Waals surface area contributed by atoms with Gasteiger partial charge in [-0.15, -0.1) is 0 Å². The highest BCUT2D eigenvalue weighted by Crippen LogP contribution is 2.40. The van der Waals surface area contributed by atoms with Crippen molar-refractivity contribution in [1.82, 2.24) is 4.98 Å². The summed E-state index contributed by atoms with van der Waals surface area (Å²) in [5.41, 5.74) is 16.5. The third-order valence-corrected chi connectivity index (χ3v) is 4.44. The molecule has 21 heavy (non-hydrogen) atoms. The molecule has 0 bridgehead atoms. The zero-order valence-electron chi connectivity index (χ0n) is 11.7. The summed E-state index contributed by atoms with van der Waals surface area (Å²) in [6.45, 7) is 0. The average Bonchev–Trinajstić information content (AvgIpc) is 2.73. The van der Waals surface area contributed by atoms with Crippen molar-refractivity contribution in [3.05, 3.63) is 42.2 Å². The molecule has 106 valence electrons. The Kier molecular flexibility index (Phi) is 2.64. The number of hydrogen-bond donors (Lipinski definition) is 2. The Morgan fingerprint density at radius 2 is 2.00 bits per heavy atom. The summed E-state index contributed by atoms with van der Waals surface area (Å²) in [5.74, 6) is 0.957. The van der Waals surface area contributed by atoms with Crippen molar-refractivity contribution in [2.24, 2.45) is 0 Å². The number of rotatable bonds is 2. The fourth-order valence-corrected chi connectivity index (χ4v) is 3.01. The zero-order valence-corrected chi connectivity index (χ0v) is 11.7. The molecule has 0 unspecified atom stereocenters. The molecule has 1 aliphatic rings. The maximum atomic E-state index is 6.07. The monoisotopic (exact) mass is 279 g/mol. The highest BCUT2D eigenvalue weighted by atomic mass is 16.3. The second-order valence-electron chi connectivity index (χ2n) is 5.69. The van der Waals surface area contributed by atoms with Crippen LogP contribution >= 0.6 is 0 Å². The molecule has 0 radical (unpaired) electrons. The van der Waals surface area contributed by atoms with E-state index < -0.39 is 0 Å². The number of pyridine rings is 1. The lowest BCUT2D eigenvalue weighted by molar-refractivity contribution is 0.420. The minimum atomic E-state index is 0.259. The molecule has 0 atom stereocenters. The summed E-state index contributed by atoms with van der Waals surface area (Å²) >= 11 is 0. The predicted octanol–water partition coefficient (Wildman–Crippen LogP) is 3.93. The molecule has 3 aromatic rings. The van der Waals surface area contributed by atoms with E-state index in [2.05, 4.69) is 29.2 Å². The van der Waals surface area contributed by atoms with E-state index in [9.17, 15) is 0 Å². The van der Waals surface area contributed by atoms with E-state index in [1.807, 2.05) is 6.20 Å². The lowest BCUT2D eigenvalue weighted by Crippen LogP contribution is -2.08. The summed E-state index contributed by atoms with van der Waals surface area (Å²) in [6.07, 6.45) is 7.38. The number of anilines is 2. The first-order valence-electron chi connectivity index (χ1n) is 7.26. The Bertz CT molecular complexity index is 818. The Labute approximate surface area is 122 Å². The quantitative estimate of drug-likeness (QED) is 0.745. The van der Waals surface area contributed by atoms with Gasteiger partial charge >= 0.3 is 0 Å². The summed E-state index contributed by atoms with van der Waals surface area (Å²) in [7, 11) is 0. The molecule has 2 aromatic heterocycles. The molecule has 1 saturated carbocycles. The van der Waals surface area contributed by atoms with E-state index in [1.165, 1.54) is 24.8 Å². The molecule has 4 nitrogen and oxygen atoms in total. The largest absolute Gasteiger partial charge is 0.437 e. The van der Waals surface area contributed by atoms with Gasteiger partial charge in [0, 0.05) is 11.8 Å². The second-order valence-corrected chi connectivity index (χ2v) is 5.69. The van der Waals surface area contributed by atoms with Crippen LogP contribution < -0.4 is 11.5 Å². The molecule has 4 N–H and O–H groups in total. The van der Waals surface area contributed by atoms with Crippen molar-refractivity contribution < 1.29 is 4.42 Å². The molecule has 0 saturated heterocycles. The third-order valence-electron chi connectivity index (χ3n) is 4.44. The smallest absolute Gasteiger partial charge is 0.214 e. The number of nitrogen functional groups attached to an aromatic ring is 2. The van der Waals surface area contributed by atoms with Gasteiger partial charge in [0.1, 0.15) is 5.69 Å². The lowest BCUT2D eigenvalue weighted by Gasteiger charge is -2.26. The molecule has 4 rings (SSSR count). The van der Waals surface area contributed by atoms with Crippen LogP contribution in [0.2, 0.25) is 0 Å². The molecule has 1 aliphatic carbocycles. The number of fused-ring (bicyclic) bond motifs is 1. The molecule has 0 spiro atoms. The zero-order chi connectivity index (χ0) is 14.4. The van der Waals surface area contributed by atoms with Gasteiger partial charge in [-0.3, -0.25) is 4.98 Å². The van der Waals surface area contributed by atoms with Gasteiger partial charge in [0.15, 0.2) is 5.58 Å². The van der Waals surface area contributed by atoms with Gasteiger partial charge in [-0.1, -0.05) is 30.7 Å². The van der Waals surface area contributed by atoms with Gasteiger partial charge in [-0.25, -0.2) is 0 Å². The van der Waals surface area contributed by atoms with Crippen LogP contribution in [0.5, 0.6) is 0 Å². The maximum absolute atomic E-state index is 6.07. The Morgan fingerprint density at radius 3 is 2.76 bits per heavy atom.